The largest absolute Gasteiger partial charge is 0.495 e. The maximum Gasteiger partial charge on any atom is 0.268 e. The molecule has 1 amide bonds. The van der Waals surface area contributed by atoms with Crippen molar-refractivity contribution in [2.24, 2.45) is 5.16 Å². The average Bonchev–Trinajstić information content (AvgIpc) is 3.13. The predicted molar refractivity (Wildman–Crippen MR) is 101 cm³/mol. The van der Waals surface area contributed by atoms with E-state index in [4.69, 9.17) is 37.5 Å². The summed E-state index contributed by atoms with van der Waals surface area (Å²) < 4.78 is 10.4. The molecule has 0 bridgehead atoms. The van der Waals surface area contributed by atoms with Crippen LogP contribution in [0.2, 0.25) is 10.0 Å². The van der Waals surface area contributed by atoms with Crippen LogP contribution < -0.4 is 14.8 Å². The van der Waals surface area contributed by atoms with Crippen molar-refractivity contribution >= 4 is 40.5 Å². The normalized spacial score (nSPS) is 15.8. The predicted octanol–water partition coefficient (Wildman–Crippen LogP) is 4.14. The fraction of sp³-hybridized carbons (Fsp3) is 0.222. The second kappa shape index (κ2) is 7.85. The fourth-order valence-electron chi connectivity index (χ4n) is 2.50. The van der Waals surface area contributed by atoms with Gasteiger partial charge < -0.3 is 19.6 Å². The van der Waals surface area contributed by atoms with Crippen LogP contribution in [0.1, 0.15) is 12.0 Å². The Balaban J connectivity index is 1.71. The molecule has 26 heavy (non-hydrogen) atoms. The number of carbonyl (C=O) groups excluding carboxylic acids is 1. The maximum atomic E-state index is 12.5. The molecule has 2 aromatic carbocycles. The zero-order chi connectivity index (χ0) is 18.7. The van der Waals surface area contributed by atoms with Gasteiger partial charge in [-0.25, -0.2) is 0 Å². The van der Waals surface area contributed by atoms with E-state index < -0.39 is 6.10 Å². The Morgan fingerprint density at radius 3 is 2.50 bits per heavy atom. The van der Waals surface area contributed by atoms with E-state index >= 15 is 0 Å². The van der Waals surface area contributed by atoms with Crippen molar-refractivity contribution in [3.05, 3.63) is 52.0 Å². The Morgan fingerprint density at radius 1 is 1.15 bits per heavy atom. The third-order valence-electron chi connectivity index (χ3n) is 3.87. The number of nitrogens with zero attached hydrogens (tertiary/aromatic N) is 1. The molecule has 1 heterocycles. The molecule has 0 aliphatic carbocycles. The lowest BCUT2D eigenvalue weighted by molar-refractivity contribution is -0.125. The quantitative estimate of drug-likeness (QED) is 0.826. The van der Waals surface area contributed by atoms with Crippen LogP contribution in [0.15, 0.2) is 41.6 Å². The fourth-order valence-corrected chi connectivity index (χ4v) is 2.86. The molecule has 6 nitrogen and oxygen atoms in total. The summed E-state index contributed by atoms with van der Waals surface area (Å²) >= 11 is 12.0. The van der Waals surface area contributed by atoms with Gasteiger partial charge in [0.15, 0.2) is 0 Å². The minimum atomic E-state index is -0.743. The van der Waals surface area contributed by atoms with Crippen molar-refractivity contribution in [3.63, 3.8) is 0 Å². The first-order valence-electron chi connectivity index (χ1n) is 7.73. The number of anilines is 1. The van der Waals surface area contributed by atoms with Gasteiger partial charge in [0.25, 0.3) is 5.91 Å². The number of oxime groups is 1. The Hall–Kier alpha value is -2.44. The van der Waals surface area contributed by atoms with Gasteiger partial charge in [0.05, 0.1) is 30.6 Å². The third kappa shape index (κ3) is 3.86. The molecular weight excluding hydrogens is 379 g/mol. The first-order chi connectivity index (χ1) is 12.5. The van der Waals surface area contributed by atoms with E-state index in [-0.39, 0.29) is 5.91 Å². The standard InChI is InChI=1S/C18H16Cl2N2O4/c1-24-15-9-14(16(25-2)7-12(15)20)21-18(23)17-8-13(22-26-17)10-3-5-11(19)6-4-10/h3-7,9,17H,8H2,1-2H3,(H,21,23)/t17-/m0/s1. The lowest BCUT2D eigenvalue weighted by Gasteiger charge is -2.14. The summed E-state index contributed by atoms with van der Waals surface area (Å²) in [6, 6.07) is 10.3. The lowest BCUT2D eigenvalue weighted by atomic mass is 10.0. The molecule has 0 aromatic heterocycles. The van der Waals surface area contributed by atoms with Crippen LogP contribution >= 0.6 is 23.2 Å². The number of rotatable bonds is 5. The molecule has 3 rings (SSSR count). The summed E-state index contributed by atoms with van der Waals surface area (Å²) in [5.41, 5.74) is 1.97. The van der Waals surface area contributed by atoms with Crippen molar-refractivity contribution in [2.45, 2.75) is 12.5 Å². The van der Waals surface area contributed by atoms with E-state index in [1.165, 1.54) is 14.2 Å². The maximum absolute atomic E-state index is 12.5. The van der Waals surface area contributed by atoms with Crippen LogP contribution in [0.4, 0.5) is 5.69 Å². The van der Waals surface area contributed by atoms with E-state index in [2.05, 4.69) is 10.5 Å². The van der Waals surface area contributed by atoms with Gasteiger partial charge in [-0.2, -0.15) is 0 Å². The van der Waals surface area contributed by atoms with Gasteiger partial charge in [-0.3, -0.25) is 4.79 Å². The number of ether oxygens (including phenoxy) is 2. The highest BCUT2D eigenvalue weighted by Gasteiger charge is 2.29. The molecule has 1 aliphatic rings. The highest BCUT2D eigenvalue weighted by Crippen LogP contribution is 2.36. The van der Waals surface area contributed by atoms with Crippen molar-refractivity contribution in [3.8, 4) is 11.5 Å². The Bertz CT molecular complexity index is 853. The molecule has 0 unspecified atom stereocenters. The number of methoxy groups -OCH3 is 2. The van der Waals surface area contributed by atoms with E-state index in [1.807, 2.05) is 12.1 Å². The topological polar surface area (TPSA) is 69.2 Å². The van der Waals surface area contributed by atoms with Gasteiger partial charge in [0.1, 0.15) is 11.5 Å². The van der Waals surface area contributed by atoms with Crippen molar-refractivity contribution in [1.29, 1.82) is 0 Å². The summed E-state index contributed by atoms with van der Waals surface area (Å²) in [6.45, 7) is 0. The smallest absolute Gasteiger partial charge is 0.268 e. The summed E-state index contributed by atoms with van der Waals surface area (Å²) in [5.74, 6) is 0.495. The zero-order valence-electron chi connectivity index (χ0n) is 14.1. The van der Waals surface area contributed by atoms with Crippen molar-refractivity contribution < 1.29 is 19.1 Å². The van der Waals surface area contributed by atoms with Crippen LogP contribution in [-0.4, -0.2) is 31.9 Å². The van der Waals surface area contributed by atoms with Gasteiger partial charge in [-0.1, -0.05) is 40.5 Å². The average molecular weight is 395 g/mol. The minimum Gasteiger partial charge on any atom is -0.495 e. The monoisotopic (exact) mass is 394 g/mol. The molecule has 8 heteroatoms. The van der Waals surface area contributed by atoms with Gasteiger partial charge >= 0.3 is 0 Å². The number of hydrogen-bond donors (Lipinski definition) is 1. The molecule has 136 valence electrons. The van der Waals surface area contributed by atoms with Crippen LogP contribution in [0, 0.1) is 0 Å². The minimum absolute atomic E-state index is 0.347. The summed E-state index contributed by atoms with van der Waals surface area (Å²) in [6.07, 6.45) is -0.396. The Labute approximate surface area is 160 Å². The molecule has 0 saturated heterocycles. The van der Waals surface area contributed by atoms with E-state index in [0.717, 1.165) is 5.56 Å². The Morgan fingerprint density at radius 2 is 1.85 bits per heavy atom. The van der Waals surface area contributed by atoms with E-state index in [9.17, 15) is 4.79 Å². The Kier molecular flexibility index (Phi) is 5.54. The van der Waals surface area contributed by atoms with Crippen LogP contribution in [-0.2, 0) is 9.63 Å². The lowest BCUT2D eigenvalue weighted by Crippen LogP contribution is -2.28. The molecule has 0 spiro atoms. The van der Waals surface area contributed by atoms with Crippen LogP contribution in [0.25, 0.3) is 0 Å². The molecular formula is C18H16Cl2N2O4. The summed E-state index contributed by atoms with van der Waals surface area (Å²) in [7, 11) is 2.98. The van der Waals surface area contributed by atoms with Gasteiger partial charge in [-0.05, 0) is 17.7 Å². The van der Waals surface area contributed by atoms with Gasteiger partial charge in [0.2, 0.25) is 6.10 Å². The van der Waals surface area contributed by atoms with Crippen LogP contribution in [0.5, 0.6) is 11.5 Å². The van der Waals surface area contributed by atoms with Gasteiger partial charge in [-0.15, -0.1) is 0 Å². The number of nitrogens with one attached hydrogen (secondary N) is 1. The molecule has 0 saturated carbocycles. The molecule has 2 aromatic rings. The van der Waals surface area contributed by atoms with Crippen molar-refractivity contribution in [1.82, 2.24) is 0 Å². The second-order valence-corrected chi connectivity index (χ2v) is 6.36. The molecule has 1 aliphatic heterocycles. The van der Waals surface area contributed by atoms with E-state index in [1.54, 1.807) is 24.3 Å². The first kappa shape index (κ1) is 18.4. The molecule has 0 radical (unpaired) electrons. The SMILES string of the molecule is COc1cc(NC(=O)[C@@H]2CC(c3ccc(Cl)cc3)=NO2)c(OC)cc1Cl. The summed E-state index contributed by atoms with van der Waals surface area (Å²) in [4.78, 5) is 17.8. The van der Waals surface area contributed by atoms with E-state index in [0.29, 0.717) is 39.4 Å². The first-order valence-corrected chi connectivity index (χ1v) is 8.48. The highest BCUT2D eigenvalue weighted by atomic mass is 35.5. The number of carbonyl (C=O) groups is 1. The molecule has 1 atom stereocenters. The highest BCUT2D eigenvalue weighted by molar-refractivity contribution is 6.32. The molecule has 1 N–H and O–H groups in total. The molecule has 0 fully saturated rings. The number of benzene rings is 2. The second-order valence-electron chi connectivity index (χ2n) is 5.52. The van der Waals surface area contributed by atoms with Crippen LogP contribution in [0.3, 0.4) is 0 Å². The third-order valence-corrected chi connectivity index (χ3v) is 4.42. The number of amides is 1. The number of hydrogen-bond acceptors (Lipinski definition) is 5. The van der Waals surface area contributed by atoms with Crippen molar-refractivity contribution in [2.75, 3.05) is 19.5 Å². The summed E-state index contributed by atoms with van der Waals surface area (Å²) in [5, 5.41) is 7.78. The number of halogens is 2. The zero-order valence-corrected chi connectivity index (χ0v) is 15.6. The van der Waals surface area contributed by atoms with Gasteiger partial charge in [0, 0.05) is 23.6 Å².